The fourth-order valence-corrected chi connectivity index (χ4v) is 3.58. The summed E-state index contributed by atoms with van der Waals surface area (Å²) in [5, 5.41) is 5.12. The number of fused-ring (bicyclic) bond motifs is 3. The summed E-state index contributed by atoms with van der Waals surface area (Å²) in [5.74, 6) is 0.848. The van der Waals surface area contributed by atoms with E-state index in [1.807, 2.05) is 18.2 Å². The van der Waals surface area contributed by atoms with E-state index in [9.17, 15) is 0 Å². The lowest BCUT2D eigenvalue weighted by Gasteiger charge is -2.45. The van der Waals surface area contributed by atoms with E-state index in [-0.39, 0.29) is 24.8 Å². The lowest BCUT2D eigenvalue weighted by atomic mass is 9.84. The average molecular weight is 356 g/mol. The molecule has 0 spiro atoms. The Morgan fingerprint density at radius 2 is 1.85 bits per heavy atom. The van der Waals surface area contributed by atoms with Gasteiger partial charge < -0.3 is 35.0 Å². The zero-order valence-corrected chi connectivity index (χ0v) is 14.1. The summed E-state index contributed by atoms with van der Waals surface area (Å²) in [4.78, 5) is 2.56. The number of hydrogen-bond acceptors (Lipinski definition) is 2. The van der Waals surface area contributed by atoms with Crippen LogP contribution in [0.3, 0.4) is 0 Å². The molecule has 0 saturated carbocycles. The van der Waals surface area contributed by atoms with Crippen LogP contribution in [0.5, 0.6) is 0 Å². The van der Waals surface area contributed by atoms with Crippen LogP contribution in [0.25, 0.3) is 0 Å². The standard InChI is InChI=1S/C14H18Cl2N2.2ClH/c15-12-2-1-11(13(16)7-12)8-17-14-9-18-5-3-10(14)4-6-18;;/h1-2,7,10,14,17H,3-6,8-9H2;2*1H/p-2. The SMILES string of the molecule is Clc1ccc(CNC2CN3CCC2CC3)c(Cl)c1.[Cl-].[Cl-]. The van der Waals surface area contributed by atoms with Gasteiger partial charge in [-0.15, -0.1) is 0 Å². The second-order valence-electron chi connectivity index (χ2n) is 5.36. The van der Waals surface area contributed by atoms with Crippen molar-refractivity contribution in [3.8, 4) is 0 Å². The van der Waals surface area contributed by atoms with Crippen LogP contribution in [-0.2, 0) is 6.54 Å². The van der Waals surface area contributed by atoms with Crippen molar-refractivity contribution in [1.82, 2.24) is 10.2 Å². The fraction of sp³-hybridized carbons (Fsp3) is 0.571. The maximum atomic E-state index is 6.19. The van der Waals surface area contributed by atoms with Crippen molar-refractivity contribution >= 4 is 23.2 Å². The molecule has 1 atom stereocenters. The van der Waals surface area contributed by atoms with Crippen LogP contribution in [0.1, 0.15) is 18.4 Å². The number of nitrogens with zero attached hydrogens (tertiary/aromatic N) is 1. The van der Waals surface area contributed by atoms with Gasteiger partial charge in [-0.1, -0.05) is 29.3 Å². The third-order valence-electron chi connectivity index (χ3n) is 4.23. The molecule has 3 aliphatic heterocycles. The monoisotopic (exact) mass is 354 g/mol. The van der Waals surface area contributed by atoms with E-state index in [0.29, 0.717) is 11.1 Å². The highest BCUT2D eigenvalue weighted by molar-refractivity contribution is 6.35. The molecule has 4 rings (SSSR count). The maximum absolute atomic E-state index is 6.19. The van der Waals surface area contributed by atoms with Crippen molar-refractivity contribution in [2.75, 3.05) is 19.6 Å². The molecule has 0 aromatic heterocycles. The second kappa shape index (κ2) is 8.07. The summed E-state index contributed by atoms with van der Waals surface area (Å²) in [6.45, 7) is 4.59. The molecule has 20 heavy (non-hydrogen) atoms. The Morgan fingerprint density at radius 3 is 2.40 bits per heavy atom. The van der Waals surface area contributed by atoms with Crippen LogP contribution in [0.2, 0.25) is 10.0 Å². The summed E-state index contributed by atoms with van der Waals surface area (Å²) >= 11 is 12.1. The predicted octanol–water partition coefficient (Wildman–Crippen LogP) is -2.81. The topological polar surface area (TPSA) is 15.3 Å². The molecule has 2 bridgehead atoms. The Morgan fingerprint density at radius 1 is 1.15 bits per heavy atom. The van der Waals surface area contributed by atoms with Gasteiger partial charge in [-0.05, 0) is 49.5 Å². The van der Waals surface area contributed by atoms with Crippen LogP contribution in [0, 0.1) is 5.92 Å². The van der Waals surface area contributed by atoms with Gasteiger partial charge in [0.2, 0.25) is 0 Å². The van der Waals surface area contributed by atoms with Crippen molar-refractivity contribution < 1.29 is 24.8 Å². The average Bonchev–Trinajstić information content (AvgIpc) is 2.39. The lowest BCUT2D eigenvalue weighted by Crippen LogP contribution is -3.00. The number of piperidine rings is 3. The van der Waals surface area contributed by atoms with Gasteiger partial charge >= 0.3 is 0 Å². The van der Waals surface area contributed by atoms with Crippen LogP contribution < -0.4 is 30.1 Å². The molecule has 1 N–H and O–H groups in total. The Labute approximate surface area is 143 Å². The van der Waals surface area contributed by atoms with Crippen LogP contribution in [0.4, 0.5) is 0 Å². The summed E-state index contributed by atoms with van der Waals surface area (Å²) < 4.78 is 0. The lowest BCUT2D eigenvalue weighted by molar-refractivity contribution is -0.001000. The van der Waals surface area contributed by atoms with Gasteiger partial charge in [-0.3, -0.25) is 0 Å². The molecule has 3 saturated heterocycles. The number of rotatable bonds is 3. The summed E-state index contributed by atoms with van der Waals surface area (Å²) in [5.41, 5.74) is 1.14. The number of nitrogens with one attached hydrogen (secondary N) is 1. The van der Waals surface area contributed by atoms with E-state index in [1.165, 1.54) is 32.5 Å². The summed E-state index contributed by atoms with van der Waals surface area (Å²) in [6.07, 6.45) is 2.68. The third kappa shape index (κ3) is 4.16. The van der Waals surface area contributed by atoms with Crippen molar-refractivity contribution in [2.45, 2.75) is 25.4 Å². The second-order valence-corrected chi connectivity index (χ2v) is 6.20. The molecular weight excluding hydrogens is 338 g/mol. The zero-order valence-electron chi connectivity index (χ0n) is 11.1. The molecule has 114 valence electrons. The highest BCUT2D eigenvalue weighted by Crippen LogP contribution is 2.28. The molecule has 0 radical (unpaired) electrons. The first-order chi connectivity index (χ1) is 8.72. The van der Waals surface area contributed by atoms with Gasteiger partial charge in [0, 0.05) is 29.2 Å². The minimum atomic E-state index is 0. The molecule has 0 aliphatic carbocycles. The number of halogens is 4. The highest BCUT2D eigenvalue weighted by atomic mass is 35.5. The smallest absolute Gasteiger partial charge is 0.0465 e. The zero-order chi connectivity index (χ0) is 12.5. The van der Waals surface area contributed by atoms with Crippen molar-refractivity contribution in [2.24, 2.45) is 5.92 Å². The van der Waals surface area contributed by atoms with Gasteiger partial charge in [0.05, 0.1) is 0 Å². The van der Waals surface area contributed by atoms with Crippen LogP contribution >= 0.6 is 23.2 Å². The molecule has 6 heteroatoms. The fourth-order valence-electron chi connectivity index (χ4n) is 3.10. The first-order valence-corrected chi connectivity index (χ1v) is 7.37. The molecule has 3 aliphatic rings. The third-order valence-corrected chi connectivity index (χ3v) is 4.81. The maximum Gasteiger partial charge on any atom is 0.0465 e. The first kappa shape index (κ1) is 18.3. The van der Waals surface area contributed by atoms with Gasteiger partial charge in [0.1, 0.15) is 0 Å². The van der Waals surface area contributed by atoms with E-state index in [0.717, 1.165) is 23.0 Å². The minimum absolute atomic E-state index is 0. The first-order valence-electron chi connectivity index (χ1n) is 6.62. The number of hydrogen-bond donors (Lipinski definition) is 1. The molecule has 2 nitrogen and oxygen atoms in total. The van der Waals surface area contributed by atoms with Gasteiger partial charge in [-0.25, -0.2) is 0 Å². The Balaban J connectivity index is 0.000001000. The summed E-state index contributed by atoms with van der Waals surface area (Å²) in [6, 6.07) is 6.36. The van der Waals surface area contributed by atoms with Crippen molar-refractivity contribution in [1.29, 1.82) is 0 Å². The summed E-state index contributed by atoms with van der Waals surface area (Å²) in [7, 11) is 0. The largest absolute Gasteiger partial charge is 1.00 e. The van der Waals surface area contributed by atoms with Gasteiger partial charge in [0.15, 0.2) is 0 Å². The van der Waals surface area contributed by atoms with Crippen LogP contribution in [-0.4, -0.2) is 30.6 Å². The van der Waals surface area contributed by atoms with E-state index in [4.69, 9.17) is 23.2 Å². The molecule has 3 heterocycles. The Bertz CT molecular complexity index is 433. The van der Waals surface area contributed by atoms with Gasteiger partial charge in [0.25, 0.3) is 0 Å². The molecular formula is C14H18Cl4N2-2. The van der Waals surface area contributed by atoms with Crippen LogP contribution in [0.15, 0.2) is 18.2 Å². The van der Waals surface area contributed by atoms with E-state index in [1.54, 1.807) is 0 Å². The Kier molecular flexibility index (Phi) is 7.40. The van der Waals surface area contributed by atoms with Crippen molar-refractivity contribution in [3.05, 3.63) is 33.8 Å². The van der Waals surface area contributed by atoms with E-state index in [2.05, 4.69) is 10.2 Å². The minimum Gasteiger partial charge on any atom is -1.00 e. The Hall–Kier alpha value is 0.300. The highest BCUT2D eigenvalue weighted by Gasteiger charge is 2.33. The van der Waals surface area contributed by atoms with E-state index < -0.39 is 0 Å². The molecule has 1 aromatic carbocycles. The predicted molar refractivity (Wildman–Crippen MR) is 76.3 cm³/mol. The van der Waals surface area contributed by atoms with Crippen molar-refractivity contribution in [3.63, 3.8) is 0 Å². The number of benzene rings is 1. The van der Waals surface area contributed by atoms with Gasteiger partial charge in [-0.2, -0.15) is 0 Å². The van der Waals surface area contributed by atoms with E-state index >= 15 is 0 Å². The normalized spacial score (nSPS) is 27.6. The molecule has 1 unspecified atom stereocenters. The molecule has 3 fully saturated rings. The molecule has 1 aromatic rings. The molecule has 0 amide bonds. The quantitative estimate of drug-likeness (QED) is 0.629.